The van der Waals surface area contributed by atoms with Crippen molar-refractivity contribution in [1.29, 1.82) is 0 Å². The highest BCUT2D eigenvalue weighted by atomic mass is 16.5. The van der Waals surface area contributed by atoms with Crippen molar-refractivity contribution in [2.45, 2.75) is 38.6 Å². The first kappa shape index (κ1) is 13.7. The van der Waals surface area contributed by atoms with Crippen molar-refractivity contribution >= 4 is 5.97 Å². The molecule has 0 saturated heterocycles. The Balaban J connectivity index is 3.16. The Kier molecular flexibility index (Phi) is 4.29. The van der Waals surface area contributed by atoms with E-state index in [-0.39, 0.29) is 12.0 Å². The maximum atomic E-state index is 11.5. The highest BCUT2D eigenvalue weighted by molar-refractivity contribution is 5.71. The quantitative estimate of drug-likeness (QED) is 0.814. The molecule has 17 heavy (non-hydrogen) atoms. The largest absolute Gasteiger partial charge is 0.469 e. The molecule has 0 aliphatic carbocycles. The highest BCUT2D eigenvalue weighted by Gasteiger charge is 2.34. The summed E-state index contributed by atoms with van der Waals surface area (Å²) in [5.41, 5.74) is 7.94. The SMILES string of the molecule is COC(=O)CC(C)(c1ccccc1C)C(C)N. The molecule has 0 spiro atoms. The summed E-state index contributed by atoms with van der Waals surface area (Å²) in [7, 11) is 1.40. The fourth-order valence-corrected chi connectivity index (χ4v) is 2.09. The van der Waals surface area contributed by atoms with Gasteiger partial charge in [-0.15, -0.1) is 0 Å². The zero-order chi connectivity index (χ0) is 13.1. The van der Waals surface area contributed by atoms with Crippen LogP contribution in [0.1, 0.15) is 31.4 Å². The van der Waals surface area contributed by atoms with E-state index in [1.165, 1.54) is 7.11 Å². The normalized spacial score (nSPS) is 16.1. The van der Waals surface area contributed by atoms with Crippen LogP contribution in [0.3, 0.4) is 0 Å². The minimum Gasteiger partial charge on any atom is -0.469 e. The van der Waals surface area contributed by atoms with Crippen molar-refractivity contribution in [3.63, 3.8) is 0 Å². The Morgan fingerprint density at radius 3 is 2.53 bits per heavy atom. The number of nitrogens with two attached hydrogens (primary N) is 1. The van der Waals surface area contributed by atoms with Gasteiger partial charge in [-0.2, -0.15) is 0 Å². The van der Waals surface area contributed by atoms with E-state index in [1.54, 1.807) is 0 Å². The molecule has 1 rings (SSSR count). The number of carbonyl (C=O) groups is 1. The molecule has 94 valence electrons. The molecule has 1 aromatic carbocycles. The van der Waals surface area contributed by atoms with Crippen molar-refractivity contribution in [3.05, 3.63) is 35.4 Å². The lowest BCUT2D eigenvalue weighted by atomic mass is 9.72. The Morgan fingerprint density at radius 1 is 1.47 bits per heavy atom. The molecule has 0 aliphatic heterocycles. The molecule has 1 aromatic rings. The van der Waals surface area contributed by atoms with Crippen molar-refractivity contribution in [3.8, 4) is 0 Å². The van der Waals surface area contributed by atoms with Crippen LogP contribution < -0.4 is 5.73 Å². The molecule has 2 unspecified atom stereocenters. The lowest BCUT2D eigenvalue weighted by molar-refractivity contribution is -0.142. The van der Waals surface area contributed by atoms with Crippen molar-refractivity contribution < 1.29 is 9.53 Å². The monoisotopic (exact) mass is 235 g/mol. The predicted molar refractivity (Wildman–Crippen MR) is 68.8 cm³/mol. The Labute approximate surface area is 103 Å². The van der Waals surface area contributed by atoms with E-state index in [0.29, 0.717) is 6.42 Å². The summed E-state index contributed by atoms with van der Waals surface area (Å²) < 4.78 is 4.76. The number of benzene rings is 1. The van der Waals surface area contributed by atoms with Gasteiger partial charge >= 0.3 is 5.97 Å². The van der Waals surface area contributed by atoms with Crippen LogP contribution >= 0.6 is 0 Å². The van der Waals surface area contributed by atoms with Crippen molar-refractivity contribution in [2.75, 3.05) is 7.11 Å². The third-order valence-corrected chi connectivity index (χ3v) is 3.50. The van der Waals surface area contributed by atoms with Crippen LogP contribution in [0.15, 0.2) is 24.3 Å². The maximum absolute atomic E-state index is 11.5. The molecule has 0 radical (unpaired) electrons. The summed E-state index contributed by atoms with van der Waals surface area (Å²) >= 11 is 0. The molecular formula is C14H21NO2. The fourth-order valence-electron chi connectivity index (χ4n) is 2.09. The number of esters is 1. The van der Waals surface area contributed by atoms with E-state index < -0.39 is 5.41 Å². The van der Waals surface area contributed by atoms with Gasteiger partial charge < -0.3 is 10.5 Å². The molecule has 0 amide bonds. The van der Waals surface area contributed by atoms with Gasteiger partial charge in [0, 0.05) is 11.5 Å². The number of rotatable bonds is 4. The van der Waals surface area contributed by atoms with Crippen LogP contribution in [0.5, 0.6) is 0 Å². The number of hydrogen-bond donors (Lipinski definition) is 1. The standard InChI is InChI=1S/C14H21NO2/c1-10-7-5-6-8-12(10)14(3,11(2)15)9-13(16)17-4/h5-8,11H,9,15H2,1-4H3. The Hall–Kier alpha value is -1.35. The highest BCUT2D eigenvalue weighted by Crippen LogP contribution is 2.33. The van der Waals surface area contributed by atoms with Crippen molar-refractivity contribution in [2.24, 2.45) is 5.73 Å². The van der Waals surface area contributed by atoms with E-state index in [4.69, 9.17) is 10.5 Å². The second kappa shape index (κ2) is 5.32. The zero-order valence-corrected chi connectivity index (χ0v) is 11.0. The van der Waals surface area contributed by atoms with Crippen molar-refractivity contribution in [1.82, 2.24) is 0 Å². The predicted octanol–water partition coefficient (Wildman–Crippen LogP) is 2.16. The van der Waals surface area contributed by atoms with Gasteiger partial charge in [-0.1, -0.05) is 31.2 Å². The number of aryl methyl sites for hydroxylation is 1. The van der Waals surface area contributed by atoms with Gasteiger partial charge in [0.15, 0.2) is 0 Å². The molecule has 0 saturated carbocycles. The third-order valence-electron chi connectivity index (χ3n) is 3.50. The number of methoxy groups -OCH3 is 1. The average Bonchev–Trinajstić information content (AvgIpc) is 2.28. The van der Waals surface area contributed by atoms with Gasteiger partial charge in [0.25, 0.3) is 0 Å². The molecule has 0 heterocycles. The van der Waals surface area contributed by atoms with Crippen LogP contribution in [0.25, 0.3) is 0 Å². The Bertz CT molecular complexity index is 401. The number of ether oxygens (including phenoxy) is 1. The van der Waals surface area contributed by atoms with Crippen LogP contribution in [0, 0.1) is 6.92 Å². The van der Waals surface area contributed by atoms with Crippen LogP contribution in [-0.4, -0.2) is 19.1 Å². The molecule has 3 nitrogen and oxygen atoms in total. The van der Waals surface area contributed by atoms with Crippen LogP contribution in [0.4, 0.5) is 0 Å². The molecule has 2 atom stereocenters. The molecule has 0 aromatic heterocycles. The summed E-state index contributed by atoms with van der Waals surface area (Å²) in [6.45, 7) is 5.97. The minimum absolute atomic E-state index is 0.123. The number of carbonyl (C=O) groups excluding carboxylic acids is 1. The smallest absolute Gasteiger partial charge is 0.306 e. The summed E-state index contributed by atoms with van der Waals surface area (Å²) in [5.74, 6) is -0.229. The summed E-state index contributed by atoms with van der Waals surface area (Å²) in [6, 6.07) is 7.90. The zero-order valence-electron chi connectivity index (χ0n) is 11.0. The summed E-state index contributed by atoms with van der Waals surface area (Å²) in [4.78, 5) is 11.5. The first-order valence-electron chi connectivity index (χ1n) is 5.80. The van der Waals surface area contributed by atoms with Crippen LogP contribution in [-0.2, 0) is 14.9 Å². The van der Waals surface area contributed by atoms with Gasteiger partial charge in [-0.05, 0) is 25.0 Å². The first-order valence-corrected chi connectivity index (χ1v) is 5.80. The van der Waals surface area contributed by atoms with Gasteiger partial charge in [-0.25, -0.2) is 0 Å². The fraction of sp³-hybridized carbons (Fsp3) is 0.500. The average molecular weight is 235 g/mol. The van der Waals surface area contributed by atoms with Gasteiger partial charge in [0.1, 0.15) is 0 Å². The summed E-state index contributed by atoms with van der Waals surface area (Å²) in [6.07, 6.45) is 0.298. The topological polar surface area (TPSA) is 52.3 Å². The molecule has 0 bridgehead atoms. The first-order chi connectivity index (χ1) is 7.91. The molecule has 0 aliphatic rings. The van der Waals surface area contributed by atoms with Gasteiger partial charge in [0.2, 0.25) is 0 Å². The van der Waals surface area contributed by atoms with E-state index in [2.05, 4.69) is 0 Å². The second-order valence-corrected chi connectivity index (χ2v) is 4.77. The molecular weight excluding hydrogens is 214 g/mol. The molecule has 2 N–H and O–H groups in total. The Morgan fingerprint density at radius 2 is 2.06 bits per heavy atom. The lowest BCUT2D eigenvalue weighted by Crippen LogP contribution is -2.43. The van der Waals surface area contributed by atoms with E-state index in [9.17, 15) is 4.79 Å². The lowest BCUT2D eigenvalue weighted by Gasteiger charge is -2.34. The van der Waals surface area contributed by atoms with E-state index in [1.807, 2.05) is 45.0 Å². The van der Waals surface area contributed by atoms with E-state index in [0.717, 1.165) is 11.1 Å². The van der Waals surface area contributed by atoms with E-state index >= 15 is 0 Å². The second-order valence-electron chi connectivity index (χ2n) is 4.77. The molecule has 0 fully saturated rings. The van der Waals surface area contributed by atoms with Crippen LogP contribution in [0.2, 0.25) is 0 Å². The summed E-state index contributed by atoms with van der Waals surface area (Å²) in [5, 5.41) is 0. The minimum atomic E-state index is -0.390. The van der Waals surface area contributed by atoms with Gasteiger partial charge in [0.05, 0.1) is 13.5 Å². The van der Waals surface area contributed by atoms with Gasteiger partial charge in [-0.3, -0.25) is 4.79 Å². The maximum Gasteiger partial charge on any atom is 0.306 e. The number of hydrogen-bond acceptors (Lipinski definition) is 3. The molecule has 3 heteroatoms. The third kappa shape index (κ3) is 2.86.